The van der Waals surface area contributed by atoms with Gasteiger partial charge in [0.15, 0.2) is 5.78 Å². The summed E-state index contributed by atoms with van der Waals surface area (Å²) in [5.41, 5.74) is -1.71. The molecule has 1 N–H and O–H groups in total. The van der Waals surface area contributed by atoms with Crippen molar-refractivity contribution in [3.63, 3.8) is 0 Å². The molecule has 5 nitrogen and oxygen atoms in total. The van der Waals surface area contributed by atoms with Gasteiger partial charge in [-0.05, 0) is 55.3 Å². The zero-order valence-corrected chi connectivity index (χ0v) is 16.5. The second-order valence-corrected chi connectivity index (χ2v) is 7.31. The average molecular weight is 444 g/mol. The average Bonchev–Trinajstić information content (AvgIpc) is 2.75. The smallest absolute Gasteiger partial charge is 0.319 e. The summed E-state index contributed by atoms with van der Waals surface area (Å²) in [6, 6.07) is 10.4. The monoisotopic (exact) mass is 444 g/mol. The van der Waals surface area contributed by atoms with Crippen molar-refractivity contribution < 1.29 is 27.2 Å². The quantitative estimate of drug-likeness (QED) is 0.592. The van der Waals surface area contributed by atoms with Crippen LogP contribution in [0, 0.1) is 5.82 Å². The van der Waals surface area contributed by atoms with Crippen molar-refractivity contribution >= 4 is 17.4 Å². The number of alkyl halides is 3. The number of para-hydroxylation sites is 1. The number of amides is 1. The zero-order chi connectivity index (χ0) is 23.0. The van der Waals surface area contributed by atoms with E-state index in [9.17, 15) is 31.9 Å². The number of Topliss-reactive ketones (excluding diaryl/α,β-unsaturated/α-hetero) is 1. The molecule has 0 atom stereocenters. The van der Waals surface area contributed by atoms with Gasteiger partial charge in [-0.15, -0.1) is 0 Å². The molecule has 0 bridgehead atoms. The minimum absolute atomic E-state index is 0.0921. The lowest BCUT2D eigenvalue weighted by atomic mass is 9.92. The number of ketones is 1. The molecule has 0 radical (unpaired) electrons. The fraction of sp³-hybridized carbons (Fsp3) is 0.174. The van der Waals surface area contributed by atoms with Crippen molar-refractivity contribution in [1.29, 1.82) is 0 Å². The first-order valence-corrected chi connectivity index (χ1v) is 9.72. The van der Waals surface area contributed by atoms with Crippen molar-refractivity contribution in [1.82, 2.24) is 4.57 Å². The Hall–Kier alpha value is -3.75. The van der Waals surface area contributed by atoms with Crippen LogP contribution in [0.5, 0.6) is 0 Å². The number of anilines is 1. The van der Waals surface area contributed by atoms with Crippen LogP contribution in [0.25, 0.3) is 5.69 Å². The van der Waals surface area contributed by atoms with Gasteiger partial charge in [0.1, 0.15) is 11.4 Å². The topological polar surface area (TPSA) is 68.2 Å². The van der Waals surface area contributed by atoms with Crippen molar-refractivity contribution in [2.75, 3.05) is 5.32 Å². The summed E-state index contributed by atoms with van der Waals surface area (Å²) in [5.74, 6) is -1.92. The molecule has 0 saturated carbocycles. The van der Waals surface area contributed by atoms with Crippen LogP contribution >= 0.6 is 0 Å². The fourth-order valence-corrected chi connectivity index (χ4v) is 3.68. The summed E-state index contributed by atoms with van der Waals surface area (Å²) in [6.45, 7) is 0. The SMILES string of the molecule is O=C1CCCc2c1cc(C(=O)Nc1ccccc1F)c(=O)n2-c1ccc(C(F)(F)F)cc1. The van der Waals surface area contributed by atoms with E-state index < -0.39 is 34.6 Å². The molecule has 1 aliphatic carbocycles. The number of aromatic nitrogens is 1. The van der Waals surface area contributed by atoms with Gasteiger partial charge in [-0.3, -0.25) is 19.0 Å². The number of pyridine rings is 1. The van der Waals surface area contributed by atoms with Crippen LogP contribution in [0.3, 0.4) is 0 Å². The Kier molecular flexibility index (Phi) is 5.41. The molecule has 0 spiro atoms. The third-order valence-corrected chi connectivity index (χ3v) is 5.24. The van der Waals surface area contributed by atoms with Crippen molar-refractivity contribution in [3.8, 4) is 5.69 Å². The second-order valence-electron chi connectivity index (χ2n) is 7.31. The minimum atomic E-state index is -4.56. The van der Waals surface area contributed by atoms with Gasteiger partial charge in [0.25, 0.3) is 11.5 Å². The Labute approximate surface area is 179 Å². The molecule has 9 heteroatoms. The standard InChI is InChI=1S/C23H16F4N2O3/c24-17-4-1-2-5-18(17)28-21(31)16-12-15-19(6-3-7-20(15)30)29(22(16)32)14-10-8-13(9-11-14)23(25,26)27/h1-2,4-5,8-12H,3,6-7H2,(H,28,31). The van der Waals surface area contributed by atoms with Gasteiger partial charge < -0.3 is 5.32 Å². The van der Waals surface area contributed by atoms with Gasteiger partial charge in [-0.25, -0.2) is 4.39 Å². The first kappa shape index (κ1) is 21.5. The van der Waals surface area contributed by atoms with Crippen molar-refractivity contribution in [2.45, 2.75) is 25.4 Å². The van der Waals surface area contributed by atoms with Gasteiger partial charge in [-0.1, -0.05) is 12.1 Å². The Morgan fingerprint density at radius 3 is 2.31 bits per heavy atom. The summed E-state index contributed by atoms with van der Waals surface area (Å²) in [5, 5.41) is 2.31. The highest BCUT2D eigenvalue weighted by molar-refractivity contribution is 6.06. The molecule has 2 aromatic carbocycles. The van der Waals surface area contributed by atoms with Crippen LogP contribution < -0.4 is 10.9 Å². The predicted molar refractivity (Wildman–Crippen MR) is 109 cm³/mol. The number of carbonyl (C=O) groups is 2. The van der Waals surface area contributed by atoms with E-state index in [0.717, 1.165) is 34.9 Å². The number of carbonyl (C=O) groups excluding carboxylic acids is 2. The zero-order valence-electron chi connectivity index (χ0n) is 16.5. The number of hydrogen-bond donors (Lipinski definition) is 1. The Bertz CT molecular complexity index is 1280. The predicted octanol–water partition coefficient (Wildman–Crippen LogP) is 4.77. The van der Waals surface area contributed by atoms with E-state index >= 15 is 0 Å². The number of halogens is 4. The minimum Gasteiger partial charge on any atom is -0.319 e. The van der Waals surface area contributed by atoms with E-state index in [1.807, 2.05) is 0 Å². The molecule has 4 rings (SSSR count). The van der Waals surface area contributed by atoms with Crippen LogP contribution in [0.2, 0.25) is 0 Å². The number of rotatable bonds is 3. The molecule has 164 valence electrons. The number of nitrogens with one attached hydrogen (secondary N) is 1. The highest BCUT2D eigenvalue weighted by Gasteiger charge is 2.31. The van der Waals surface area contributed by atoms with E-state index in [1.165, 1.54) is 24.3 Å². The number of hydrogen-bond acceptors (Lipinski definition) is 3. The summed E-state index contributed by atoms with van der Waals surface area (Å²) in [4.78, 5) is 38.5. The third-order valence-electron chi connectivity index (χ3n) is 5.24. The maximum absolute atomic E-state index is 13.9. The van der Waals surface area contributed by atoms with Crippen LogP contribution in [0.1, 0.15) is 44.8 Å². The van der Waals surface area contributed by atoms with Crippen LogP contribution in [0.15, 0.2) is 59.4 Å². The van der Waals surface area contributed by atoms with E-state index in [-0.39, 0.29) is 29.1 Å². The molecule has 3 aromatic rings. The second kappa shape index (κ2) is 8.07. The molecule has 0 unspecified atom stereocenters. The lowest BCUT2D eigenvalue weighted by Gasteiger charge is -2.22. The molecule has 0 fully saturated rings. The maximum Gasteiger partial charge on any atom is 0.416 e. The number of benzene rings is 2. The lowest BCUT2D eigenvalue weighted by Crippen LogP contribution is -2.33. The summed E-state index contributed by atoms with van der Waals surface area (Å²) < 4.78 is 53.8. The first-order chi connectivity index (χ1) is 15.2. The normalized spacial score (nSPS) is 13.6. The molecular weight excluding hydrogens is 428 g/mol. The van der Waals surface area contributed by atoms with Gasteiger partial charge in [0, 0.05) is 23.4 Å². The molecule has 32 heavy (non-hydrogen) atoms. The number of fused-ring (bicyclic) bond motifs is 1. The highest BCUT2D eigenvalue weighted by atomic mass is 19.4. The number of nitrogens with zero attached hydrogens (tertiary/aromatic N) is 1. The van der Waals surface area contributed by atoms with Gasteiger partial charge >= 0.3 is 6.18 Å². The van der Waals surface area contributed by atoms with E-state index in [1.54, 1.807) is 0 Å². The first-order valence-electron chi connectivity index (χ1n) is 9.72. The fourth-order valence-electron chi connectivity index (χ4n) is 3.68. The van der Waals surface area contributed by atoms with E-state index in [0.29, 0.717) is 18.5 Å². The van der Waals surface area contributed by atoms with Crippen LogP contribution in [-0.4, -0.2) is 16.3 Å². The van der Waals surface area contributed by atoms with Gasteiger partial charge in [0.05, 0.1) is 11.3 Å². The Morgan fingerprint density at radius 1 is 0.969 bits per heavy atom. The van der Waals surface area contributed by atoms with Gasteiger partial charge in [-0.2, -0.15) is 13.2 Å². The van der Waals surface area contributed by atoms with E-state index in [4.69, 9.17) is 0 Å². The van der Waals surface area contributed by atoms with Crippen molar-refractivity contribution in [2.24, 2.45) is 0 Å². The molecule has 1 heterocycles. The summed E-state index contributed by atoms with van der Waals surface area (Å²) in [7, 11) is 0. The maximum atomic E-state index is 13.9. The van der Waals surface area contributed by atoms with Crippen molar-refractivity contribution in [3.05, 3.63) is 93.2 Å². The molecule has 1 aliphatic rings. The lowest BCUT2D eigenvalue weighted by molar-refractivity contribution is -0.137. The molecule has 1 aromatic heterocycles. The van der Waals surface area contributed by atoms with Crippen LogP contribution in [-0.2, 0) is 12.6 Å². The molecular formula is C23H16F4N2O3. The molecule has 1 amide bonds. The Morgan fingerprint density at radius 2 is 1.66 bits per heavy atom. The van der Waals surface area contributed by atoms with Gasteiger partial charge in [0.2, 0.25) is 0 Å². The third kappa shape index (κ3) is 3.93. The summed E-state index contributed by atoms with van der Waals surface area (Å²) in [6.07, 6.45) is -3.54. The summed E-state index contributed by atoms with van der Waals surface area (Å²) >= 11 is 0. The largest absolute Gasteiger partial charge is 0.416 e. The Balaban J connectivity index is 1.85. The molecule has 0 saturated heterocycles. The van der Waals surface area contributed by atoms with Crippen LogP contribution in [0.4, 0.5) is 23.2 Å². The highest BCUT2D eigenvalue weighted by Crippen LogP contribution is 2.30. The van der Waals surface area contributed by atoms with E-state index in [2.05, 4.69) is 5.32 Å². The molecule has 0 aliphatic heterocycles.